The molecule has 0 amide bonds. The lowest BCUT2D eigenvalue weighted by atomic mass is 10.1. The van der Waals surface area contributed by atoms with Gasteiger partial charge in [0.05, 0.1) is 18.1 Å². The SMILES string of the molecule is CCc1ccc2[nH]c(=O)c(CN(C[C@H]3CCCO3)S(=O)(=O)c3ccc(OC)cc3)cc2c1. The second-order valence-electron chi connectivity index (χ2n) is 8.01. The molecule has 170 valence electrons. The molecule has 32 heavy (non-hydrogen) atoms. The first-order valence-electron chi connectivity index (χ1n) is 10.8. The van der Waals surface area contributed by atoms with Crippen molar-refractivity contribution < 1.29 is 17.9 Å². The molecule has 0 spiro atoms. The van der Waals surface area contributed by atoms with Crippen LogP contribution in [0.4, 0.5) is 0 Å². The third-order valence-electron chi connectivity index (χ3n) is 5.87. The number of fused-ring (bicyclic) bond motifs is 1. The largest absolute Gasteiger partial charge is 0.497 e. The molecule has 2 heterocycles. The van der Waals surface area contributed by atoms with Crippen LogP contribution in [0.15, 0.2) is 58.2 Å². The van der Waals surface area contributed by atoms with E-state index in [9.17, 15) is 13.2 Å². The van der Waals surface area contributed by atoms with E-state index in [2.05, 4.69) is 11.9 Å². The van der Waals surface area contributed by atoms with Crippen LogP contribution in [0.25, 0.3) is 10.9 Å². The Kier molecular flexibility index (Phi) is 6.64. The third-order valence-corrected chi connectivity index (χ3v) is 7.69. The zero-order chi connectivity index (χ0) is 22.7. The summed E-state index contributed by atoms with van der Waals surface area (Å²) in [6, 6.07) is 14.0. The Hall–Kier alpha value is -2.68. The Morgan fingerprint density at radius 1 is 1.16 bits per heavy atom. The number of aromatic amines is 1. The minimum atomic E-state index is -3.85. The van der Waals surface area contributed by atoms with Gasteiger partial charge in [-0.25, -0.2) is 8.42 Å². The zero-order valence-electron chi connectivity index (χ0n) is 18.3. The summed E-state index contributed by atoms with van der Waals surface area (Å²) in [7, 11) is -2.32. The van der Waals surface area contributed by atoms with E-state index in [1.165, 1.54) is 23.5 Å². The summed E-state index contributed by atoms with van der Waals surface area (Å²) < 4.78 is 39.2. The lowest BCUT2D eigenvalue weighted by Crippen LogP contribution is -2.38. The average Bonchev–Trinajstić information content (AvgIpc) is 3.32. The van der Waals surface area contributed by atoms with Gasteiger partial charge in [0.25, 0.3) is 5.56 Å². The molecule has 1 aromatic heterocycles. The highest BCUT2D eigenvalue weighted by molar-refractivity contribution is 7.89. The molecule has 2 aromatic carbocycles. The molecular formula is C24H28N2O5S. The molecule has 0 bridgehead atoms. The van der Waals surface area contributed by atoms with Crippen LogP contribution < -0.4 is 10.3 Å². The number of aromatic nitrogens is 1. The van der Waals surface area contributed by atoms with Crippen LogP contribution >= 0.6 is 0 Å². The topological polar surface area (TPSA) is 88.7 Å². The van der Waals surface area contributed by atoms with Crippen LogP contribution in [0, 0.1) is 0 Å². The molecule has 8 heteroatoms. The highest BCUT2D eigenvalue weighted by Gasteiger charge is 2.30. The molecule has 3 aromatic rings. The van der Waals surface area contributed by atoms with Crippen molar-refractivity contribution in [2.75, 3.05) is 20.3 Å². The zero-order valence-corrected chi connectivity index (χ0v) is 19.2. The summed E-state index contributed by atoms with van der Waals surface area (Å²) in [6.45, 7) is 2.85. The summed E-state index contributed by atoms with van der Waals surface area (Å²) in [5.74, 6) is 0.576. The van der Waals surface area contributed by atoms with Gasteiger partial charge >= 0.3 is 0 Å². The molecule has 1 saturated heterocycles. The normalized spacial score (nSPS) is 16.7. The van der Waals surface area contributed by atoms with Crippen molar-refractivity contribution >= 4 is 20.9 Å². The lowest BCUT2D eigenvalue weighted by Gasteiger charge is -2.25. The fourth-order valence-corrected chi connectivity index (χ4v) is 5.44. The molecule has 4 rings (SSSR count). The smallest absolute Gasteiger partial charge is 0.252 e. The van der Waals surface area contributed by atoms with Gasteiger partial charge in [-0.15, -0.1) is 0 Å². The molecule has 0 unspecified atom stereocenters. The Bertz CT molecular complexity index is 1250. The van der Waals surface area contributed by atoms with Crippen molar-refractivity contribution in [1.82, 2.24) is 9.29 Å². The predicted molar refractivity (Wildman–Crippen MR) is 124 cm³/mol. The van der Waals surface area contributed by atoms with Gasteiger partial charge in [0.2, 0.25) is 10.0 Å². The van der Waals surface area contributed by atoms with E-state index in [1.54, 1.807) is 18.2 Å². The summed E-state index contributed by atoms with van der Waals surface area (Å²) in [4.78, 5) is 15.8. The van der Waals surface area contributed by atoms with E-state index in [4.69, 9.17) is 9.47 Å². The van der Waals surface area contributed by atoms with Gasteiger partial charge in [0.15, 0.2) is 0 Å². The van der Waals surface area contributed by atoms with E-state index >= 15 is 0 Å². The predicted octanol–water partition coefficient (Wildman–Crippen LogP) is 3.47. The van der Waals surface area contributed by atoms with Crippen molar-refractivity contribution in [3.8, 4) is 5.75 Å². The number of methoxy groups -OCH3 is 1. The minimum Gasteiger partial charge on any atom is -0.497 e. The fourth-order valence-electron chi connectivity index (χ4n) is 3.99. The first-order chi connectivity index (χ1) is 15.4. The van der Waals surface area contributed by atoms with Crippen molar-refractivity contribution in [3.63, 3.8) is 0 Å². The van der Waals surface area contributed by atoms with Crippen molar-refractivity contribution in [2.45, 2.75) is 43.7 Å². The molecule has 7 nitrogen and oxygen atoms in total. The molecule has 1 atom stereocenters. The maximum absolute atomic E-state index is 13.5. The molecule has 1 N–H and O–H groups in total. The van der Waals surface area contributed by atoms with E-state index in [-0.39, 0.29) is 29.6 Å². The fraction of sp³-hybridized carbons (Fsp3) is 0.375. The number of ether oxygens (including phenoxy) is 2. The van der Waals surface area contributed by atoms with Crippen molar-refractivity contribution in [3.05, 3.63) is 70.0 Å². The third kappa shape index (κ3) is 4.72. The quantitative estimate of drug-likeness (QED) is 0.561. The van der Waals surface area contributed by atoms with Gasteiger partial charge in [0.1, 0.15) is 5.75 Å². The van der Waals surface area contributed by atoms with Gasteiger partial charge in [-0.2, -0.15) is 4.31 Å². The van der Waals surface area contributed by atoms with Crippen LogP contribution in [-0.4, -0.2) is 44.1 Å². The van der Waals surface area contributed by atoms with Gasteiger partial charge in [-0.3, -0.25) is 4.79 Å². The summed E-state index contributed by atoms with van der Waals surface area (Å²) in [5, 5.41) is 0.887. The molecule has 0 aliphatic carbocycles. The van der Waals surface area contributed by atoms with Crippen LogP contribution in [0.2, 0.25) is 0 Å². The molecular weight excluding hydrogens is 428 g/mol. The number of hydrogen-bond acceptors (Lipinski definition) is 5. The van der Waals surface area contributed by atoms with E-state index in [0.717, 1.165) is 35.7 Å². The van der Waals surface area contributed by atoms with Crippen molar-refractivity contribution in [2.24, 2.45) is 0 Å². The Morgan fingerprint density at radius 2 is 1.94 bits per heavy atom. The van der Waals surface area contributed by atoms with Crippen LogP contribution in [0.3, 0.4) is 0 Å². The number of H-pyrrole nitrogens is 1. The first kappa shape index (κ1) is 22.5. The number of rotatable bonds is 8. The summed E-state index contributed by atoms with van der Waals surface area (Å²) in [6.07, 6.45) is 2.38. The van der Waals surface area contributed by atoms with Gasteiger partial charge < -0.3 is 14.5 Å². The standard InChI is InChI=1S/C24H28N2O5S/c1-3-17-6-11-23-18(13-17)14-19(24(27)25-23)15-26(16-21-5-4-12-31-21)32(28,29)22-9-7-20(30-2)8-10-22/h6-11,13-14,21H,3-5,12,15-16H2,1-2H3,(H,25,27)/t21-/m1/s1. The maximum atomic E-state index is 13.5. The minimum absolute atomic E-state index is 0.0319. The van der Waals surface area contributed by atoms with E-state index < -0.39 is 10.0 Å². The molecule has 0 saturated carbocycles. The van der Waals surface area contributed by atoms with Gasteiger partial charge in [-0.1, -0.05) is 13.0 Å². The van der Waals surface area contributed by atoms with Gasteiger partial charge in [-0.05, 0) is 72.7 Å². The number of nitrogens with zero attached hydrogens (tertiary/aromatic N) is 1. The van der Waals surface area contributed by atoms with Gasteiger partial charge in [0, 0.05) is 30.8 Å². The number of aryl methyl sites for hydroxylation is 1. The lowest BCUT2D eigenvalue weighted by molar-refractivity contribution is 0.0925. The Morgan fingerprint density at radius 3 is 2.59 bits per heavy atom. The molecule has 1 fully saturated rings. The van der Waals surface area contributed by atoms with Crippen LogP contribution in [-0.2, 0) is 27.7 Å². The highest BCUT2D eigenvalue weighted by atomic mass is 32.2. The number of benzene rings is 2. The molecule has 1 aliphatic heterocycles. The Labute approximate surface area is 188 Å². The maximum Gasteiger partial charge on any atom is 0.252 e. The van der Waals surface area contributed by atoms with Crippen molar-refractivity contribution in [1.29, 1.82) is 0 Å². The van der Waals surface area contributed by atoms with Crippen LogP contribution in [0.1, 0.15) is 30.9 Å². The monoisotopic (exact) mass is 456 g/mol. The first-order valence-corrected chi connectivity index (χ1v) is 12.3. The number of sulfonamides is 1. The molecule has 1 aliphatic rings. The number of pyridine rings is 1. The second kappa shape index (κ2) is 9.44. The summed E-state index contributed by atoms with van der Waals surface area (Å²) in [5.41, 5.74) is 2.00. The average molecular weight is 457 g/mol. The number of nitrogens with one attached hydrogen (secondary N) is 1. The number of hydrogen-bond donors (Lipinski definition) is 1. The second-order valence-corrected chi connectivity index (χ2v) is 9.94. The summed E-state index contributed by atoms with van der Waals surface area (Å²) >= 11 is 0. The van der Waals surface area contributed by atoms with E-state index in [1.807, 2.05) is 18.2 Å². The van der Waals surface area contributed by atoms with E-state index in [0.29, 0.717) is 17.9 Å². The highest BCUT2D eigenvalue weighted by Crippen LogP contribution is 2.24. The van der Waals surface area contributed by atoms with Crippen LogP contribution in [0.5, 0.6) is 5.75 Å². The molecule has 0 radical (unpaired) electrons. The Balaban J connectivity index is 1.71.